The summed E-state index contributed by atoms with van der Waals surface area (Å²) in [4.78, 5) is 23.8. The third-order valence-corrected chi connectivity index (χ3v) is 4.19. The number of nitrogens with one attached hydrogen (secondary N) is 1. The van der Waals surface area contributed by atoms with Crippen LogP contribution in [0.2, 0.25) is 10.0 Å². The second kappa shape index (κ2) is 5.62. The highest BCUT2D eigenvalue weighted by atomic mass is 35.5. The van der Waals surface area contributed by atoms with E-state index in [1.54, 1.807) is 18.2 Å². The molecule has 1 atom stereocenters. The molecule has 0 radical (unpaired) electrons. The molecule has 1 aromatic rings. The topological polar surface area (TPSA) is 66.4 Å². The van der Waals surface area contributed by atoms with Crippen LogP contribution in [-0.4, -0.2) is 23.0 Å². The molecule has 1 aromatic carbocycles. The van der Waals surface area contributed by atoms with Crippen molar-refractivity contribution in [3.8, 4) is 0 Å². The highest BCUT2D eigenvalue weighted by molar-refractivity contribution is 6.36. The van der Waals surface area contributed by atoms with Gasteiger partial charge in [-0.1, -0.05) is 29.3 Å². The van der Waals surface area contributed by atoms with Gasteiger partial charge >= 0.3 is 5.97 Å². The van der Waals surface area contributed by atoms with Gasteiger partial charge in [0.05, 0.1) is 0 Å². The fraction of sp³-hybridized carbons (Fsp3) is 0.429. The van der Waals surface area contributed by atoms with Gasteiger partial charge in [-0.05, 0) is 37.5 Å². The summed E-state index contributed by atoms with van der Waals surface area (Å²) in [6.07, 6.45) is 1.75. The van der Waals surface area contributed by atoms with E-state index >= 15 is 0 Å². The first-order valence-corrected chi connectivity index (χ1v) is 7.07. The minimum absolute atomic E-state index is 0.0423. The van der Waals surface area contributed by atoms with Crippen LogP contribution in [0.15, 0.2) is 18.2 Å². The van der Waals surface area contributed by atoms with Crippen LogP contribution in [0.5, 0.6) is 0 Å². The number of amides is 1. The van der Waals surface area contributed by atoms with E-state index in [0.29, 0.717) is 15.6 Å². The van der Waals surface area contributed by atoms with E-state index in [-0.39, 0.29) is 12.5 Å². The van der Waals surface area contributed by atoms with E-state index in [1.807, 2.05) is 0 Å². The molecule has 6 heteroatoms. The summed E-state index contributed by atoms with van der Waals surface area (Å²) in [5, 5.41) is 12.9. The minimum Gasteiger partial charge on any atom is -0.480 e. The van der Waals surface area contributed by atoms with Crippen LogP contribution >= 0.6 is 23.2 Å². The normalized spacial score (nSPS) is 17.4. The number of rotatable bonds is 5. The summed E-state index contributed by atoms with van der Waals surface area (Å²) >= 11 is 12.1. The van der Waals surface area contributed by atoms with E-state index in [9.17, 15) is 14.7 Å². The van der Waals surface area contributed by atoms with Crippen molar-refractivity contribution in [2.24, 2.45) is 5.41 Å². The zero-order valence-corrected chi connectivity index (χ0v) is 12.5. The van der Waals surface area contributed by atoms with Crippen LogP contribution in [0.4, 0.5) is 0 Å². The number of carboxylic acids is 1. The molecule has 0 heterocycles. The molecule has 0 spiro atoms. The molecule has 0 saturated heterocycles. The van der Waals surface area contributed by atoms with Crippen molar-refractivity contribution in [3.05, 3.63) is 33.8 Å². The maximum absolute atomic E-state index is 12.2. The Kier molecular flexibility index (Phi) is 4.25. The first kappa shape index (κ1) is 15.1. The smallest absolute Gasteiger partial charge is 0.319 e. The van der Waals surface area contributed by atoms with Crippen molar-refractivity contribution in [3.63, 3.8) is 0 Å². The zero-order chi connectivity index (χ0) is 14.9. The molecule has 4 nitrogen and oxygen atoms in total. The first-order valence-electron chi connectivity index (χ1n) is 6.32. The summed E-state index contributed by atoms with van der Waals surface area (Å²) in [5.74, 6) is -1.69. The lowest BCUT2D eigenvalue weighted by Crippen LogP contribution is -2.46. The number of halogens is 2. The van der Waals surface area contributed by atoms with Gasteiger partial charge in [0, 0.05) is 22.5 Å². The Morgan fingerprint density at radius 1 is 1.35 bits per heavy atom. The predicted molar refractivity (Wildman–Crippen MR) is 77.1 cm³/mol. The highest BCUT2D eigenvalue weighted by Gasteiger charge is 2.44. The van der Waals surface area contributed by atoms with E-state index in [2.05, 4.69) is 5.32 Å². The number of carbonyl (C=O) groups excluding carboxylic acids is 1. The lowest BCUT2D eigenvalue weighted by molar-refractivity contribution is -0.154. The van der Waals surface area contributed by atoms with Gasteiger partial charge in [0.25, 0.3) is 0 Å². The molecule has 1 amide bonds. The summed E-state index contributed by atoms with van der Waals surface area (Å²) in [6.45, 7) is 1.40. The SMILES string of the molecule is CC(Cc1c(Cl)cccc1Cl)(C(=O)O)C(=O)NC1CC1. The van der Waals surface area contributed by atoms with Crippen molar-refractivity contribution in [2.45, 2.75) is 32.2 Å². The standard InChI is InChI=1S/C14H15Cl2NO3/c1-14(13(19)20,12(18)17-8-5-6-8)7-9-10(15)3-2-4-11(9)16/h2-4,8H,5-7H2,1H3,(H,17,18)(H,19,20). The molecule has 2 rings (SSSR count). The molecule has 1 unspecified atom stereocenters. The fourth-order valence-electron chi connectivity index (χ4n) is 1.88. The minimum atomic E-state index is -1.59. The molecule has 20 heavy (non-hydrogen) atoms. The Morgan fingerprint density at radius 3 is 2.35 bits per heavy atom. The van der Waals surface area contributed by atoms with Crippen LogP contribution in [0.3, 0.4) is 0 Å². The van der Waals surface area contributed by atoms with Crippen LogP contribution in [0, 0.1) is 5.41 Å². The molecular formula is C14H15Cl2NO3. The second-order valence-corrected chi connectivity index (χ2v) is 6.08. The summed E-state index contributed by atoms with van der Waals surface area (Å²) < 4.78 is 0. The van der Waals surface area contributed by atoms with Crippen LogP contribution in [0.1, 0.15) is 25.3 Å². The maximum atomic E-state index is 12.2. The Labute approximate surface area is 127 Å². The van der Waals surface area contributed by atoms with Crippen molar-refractivity contribution in [1.82, 2.24) is 5.32 Å². The number of hydrogen-bond acceptors (Lipinski definition) is 2. The summed E-state index contributed by atoms with van der Waals surface area (Å²) in [5.41, 5.74) is -1.11. The summed E-state index contributed by atoms with van der Waals surface area (Å²) in [7, 11) is 0. The Balaban J connectivity index is 2.28. The molecule has 108 valence electrons. The van der Waals surface area contributed by atoms with Gasteiger partial charge in [-0.15, -0.1) is 0 Å². The van der Waals surface area contributed by atoms with Crippen molar-refractivity contribution in [2.75, 3.05) is 0 Å². The first-order chi connectivity index (χ1) is 9.34. The van der Waals surface area contributed by atoms with Gasteiger partial charge in [-0.25, -0.2) is 0 Å². The quantitative estimate of drug-likeness (QED) is 0.821. The summed E-state index contributed by atoms with van der Waals surface area (Å²) in [6, 6.07) is 5.03. The Bertz CT molecular complexity index is 537. The number of hydrogen-bond donors (Lipinski definition) is 2. The lowest BCUT2D eigenvalue weighted by Gasteiger charge is -2.24. The second-order valence-electron chi connectivity index (χ2n) is 5.26. The zero-order valence-electron chi connectivity index (χ0n) is 11.0. The van der Waals surface area contributed by atoms with Crippen LogP contribution in [-0.2, 0) is 16.0 Å². The lowest BCUT2D eigenvalue weighted by atomic mass is 9.82. The molecule has 1 aliphatic carbocycles. The maximum Gasteiger partial charge on any atom is 0.319 e. The third kappa shape index (κ3) is 3.07. The van der Waals surface area contributed by atoms with Crippen molar-refractivity contribution in [1.29, 1.82) is 0 Å². The van der Waals surface area contributed by atoms with Crippen molar-refractivity contribution >= 4 is 35.1 Å². The molecule has 0 aliphatic heterocycles. The average Bonchev–Trinajstić information content (AvgIpc) is 3.17. The van der Waals surface area contributed by atoms with E-state index in [0.717, 1.165) is 12.8 Å². The van der Waals surface area contributed by atoms with E-state index < -0.39 is 17.3 Å². The van der Waals surface area contributed by atoms with Crippen LogP contribution in [0.25, 0.3) is 0 Å². The number of carbonyl (C=O) groups is 2. The van der Waals surface area contributed by atoms with Gasteiger partial charge in [-0.3, -0.25) is 9.59 Å². The van der Waals surface area contributed by atoms with Gasteiger partial charge < -0.3 is 10.4 Å². The van der Waals surface area contributed by atoms with E-state index in [4.69, 9.17) is 23.2 Å². The van der Waals surface area contributed by atoms with Gasteiger partial charge in [0.2, 0.25) is 5.91 Å². The monoisotopic (exact) mass is 315 g/mol. The molecule has 0 aromatic heterocycles. The fourth-order valence-corrected chi connectivity index (χ4v) is 2.41. The Morgan fingerprint density at radius 2 is 1.90 bits per heavy atom. The molecule has 1 saturated carbocycles. The predicted octanol–water partition coefficient (Wildman–Crippen LogP) is 2.91. The molecule has 1 aliphatic rings. The van der Waals surface area contributed by atoms with Gasteiger partial charge in [0.1, 0.15) is 5.41 Å². The van der Waals surface area contributed by atoms with E-state index in [1.165, 1.54) is 6.92 Å². The Hall–Kier alpha value is -1.26. The molecular weight excluding hydrogens is 301 g/mol. The number of benzene rings is 1. The average molecular weight is 316 g/mol. The molecule has 2 N–H and O–H groups in total. The highest BCUT2D eigenvalue weighted by Crippen LogP contribution is 2.33. The van der Waals surface area contributed by atoms with Gasteiger partial charge in [0.15, 0.2) is 0 Å². The third-order valence-electron chi connectivity index (χ3n) is 3.48. The molecule has 1 fully saturated rings. The van der Waals surface area contributed by atoms with Gasteiger partial charge in [-0.2, -0.15) is 0 Å². The molecule has 0 bridgehead atoms. The largest absolute Gasteiger partial charge is 0.480 e. The van der Waals surface area contributed by atoms with Crippen LogP contribution < -0.4 is 5.32 Å². The number of carboxylic acid groups (broad SMARTS) is 1. The van der Waals surface area contributed by atoms with Crippen molar-refractivity contribution < 1.29 is 14.7 Å². The number of aliphatic carboxylic acids is 1.